The van der Waals surface area contributed by atoms with E-state index in [9.17, 15) is 18.0 Å². The number of ether oxygens (including phenoxy) is 1. The lowest BCUT2D eigenvalue weighted by atomic mass is 10.1. The Kier molecular flexibility index (Phi) is 6.86. The predicted octanol–water partition coefficient (Wildman–Crippen LogP) is 4.05. The summed E-state index contributed by atoms with van der Waals surface area (Å²) in [6, 6.07) is 11.9. The van der Waals surface area contributed by atoms with E-state index in [1.165, 1.54) is 23.5 Å². The zero-order valence-electron chi connectivity index (χ0n) is 19.1. The van der Waals surface area contributed by atoms with Crippen LogP contribution in [0.5, 0.6) is 5.75 Å². The van der Waals surface area contributed by atoms with Crippen molar-refractivity contribution in [3.05, 3.63) is 54.1 Å². The molecule has 7 nitrogen and oxygen atoms in total. The summed E-state index contributed by atoms with van der Waals surface area (Å²) in [4.78, 5) is 27.7. The van der Waals surface area contributed by atoms with Crippen LogP contribution in [0.1, 0.15) is 50.5 Å². The summed E-state index contributed by atoms with van der Waals surface area (Å²) in [5, 5.41) is 0. The number of aryl methyl sites for hydroxylation is 1. The quantitative estimate of drug-likeness (QED) is 0.470. The molecule has 1 heterocycles. The van der Waals surface area contributed by atoms with Crippen LogP contribution in [-0.2, 0) is 19.6 Å². The minimum Gasteiger partial charge on any atom is -0.497 e. The largest absolute Gasteiger partial charge is 0.497 e. The molecule has 2 aromatic carbocycles. The molecule has 0 radical (unpaired) electrons. The van der Waals surface area contributed by atoms with E-state index in [2.05, 4.69) is 0 Å². The highest BCUT2D eigenvalue weighted by Gasteiger charge is 2.49. The topological polar surface area (TPSA) is 84.0 Å². The number of methoxy groups -OCH3 is 1. The number of anilines is 1. The number of amides is 2. The molecule has 176 valence electrons. The van der Waals surface area contributed by atoms with Gasteiger partial charge in [0.1, 0.15) is 11.8 Å². The maximum absolute atomic E-state index is 13.9. The number of hydrogen-bond donors (Lipinski definition) is 0. The number of sulfonamides is 1. The molecule has 33 heavy (non-hydrogen) atoms. The molecule has 0 aromatic heterocycles. The highest BCUT2D eigenvalue weighted by atomic mass is 32.2. The van der Waals surface area contributed by atoms with E-state index in [1.807, 2.05) is 19.1 Å². The third kappa shape index (κ3) is 4.68. The zero-order valence-corrected chi connectivity index (χ0v) is 19.9. The van der Waals surface area contributed by atoms with Gasteiger partial charge in [-0.1, -0.05) is 43.4 Å². The van der Waals surface area contributed by atoms with Crippen molar-refractivity contribution < 1.29 is 22.7 Å². The molecular formula is C25H30N2O5S. The van der Waals surface area contributed by atoms with Gasteiger partial charge in [0.05, 0.1) is 24.1 Å². The first-order valence-electron chi connectivity index (χ1n) is 11.4. The molecule has 0 N–H and O–H groups in total. The SMILES string of the molecule is COc1ccc(S(=O)(=O)N(C2CCCCCC2)C2CC(=O)N(c3ccc(C)cc3)C2=O)cc1. The van der Waals surface area contributed by atoms with Crippen molar-refractivity contribution in [2.75, 3.05) is 12.0 Å². The van der Waals surface area contributed by atoms with Gasteiger partial charge in [-0.3, -0.25) is 9.59 Å². The highest BCUT2D eigenvalue weighted by Crippen LogP contribution is 2.35. The summed E-state index contributed by atoms with van der Waals surface area (Å²) < 4.78 is 34.3. The van der Waals surface area contributed by atoms with Crippen molar-refractivity contribution in [3.63, 3.8) is 0 Å². The fourth-order valence-corrected chi connectivity index (χ4v) is 6.61. The Bertz CT molecular complexity index is 1100. The van der Waals surface area contributed by atoms with Crippen LogP contribution >= 0.6 is 0 Å². The highest BCUT2D eigenvalue weighted by molar-refractivity contribution is 7.89. The molecule has 0 bridgehead atoms. The Morgan fingerprint density at radius 1 is 0.909 bits per heavy atom. The number of hydrogen-bond acceptors (Lipinski definition) is 5. The van der Waals surface area contributed by atoms with Crippen molar-refractivity contribution in [3.8, 4) is 5.75 Å². The van der Waals surface area contributed by atoms with Crippen LogP contribution in [0, 0.1) is 6.92 Å². The van der Waals surface area contributed by atoms with Gasteiger partial charge < -0.3 is 4.74 Å². The molecule has 4 rings (SSSR count). The Morgan fingerprint density at radius 3 is 2.09 bits per heavy atom. The smallest absolute Gasteiger partial charge is 0.252 e. The van der Waals surface area contributed by atoms with Gasteiger partial charge in [0.2, 0.25) is 15.9 Å². The van der Waals surface area contributed by atoms with Gasteiger partial charge in [-0.2, -0.15) is 4.31 Å². The molecule has 1 saturated carbocycles. The first-order chi connectivity index (χ1) is 15.8. The predicted molar refractivity (Wildman–Crippen MR) is 126 cm³/mol. The number of benzene rings is 2. The maximum Gasteiger partial charge on any atom is 0.252 e. The van der Waals surface area contributed by atoms with E-state index in [4.69, 9.17) is 4.74 Å². The fourth-order valence-electron chi connectivity index (χ4n) is 4.78. The Labute approximate surface area is 195 Å². The van der Waals surface area contributed by atoms with E-state index in [0.29, 0.717) is 24.3 Å². The molecule has 2 amide bonds. The zero-order chi connectivity index (χ0) is 23.6. The van der Waals surface area contributed by atoms with Crippen LogP contribution in [0.2, 0.25) is 0 Å². The van der Waals surface area contributed by atoms with Gasteiger partial charge in [-0.15, -0.1) is 0 Å². The monoisotopic (exact) mass is 470 g/mol. The third-order valence-corrected chi connectivity index (χ3v) is 8.52. The Hall–Kier alpha value is -2.71. The van der Waals surface area contributed by atoms with Crippen LogP contribution < -0.4 is 9.64 Å². The standard InChI is InChI=1S/C25H30N2O5S/c1-18-9-11-19(12-10-18)26-24(28)17-23(25(26)29)27(20-7-5-3-4-6-8-20)33(30,31)22-15-13-21(32-2)14-16-22/h9-16,20,23H,3-8,17H2,1-2H3. The average molecular weight is 471 g/mol. The second kappa shape index (κ2) is 9.65. The first kappa shape index (κ1) is 23.4. The molecule has 2 aromatic rings. The second-order valence-corrected chi connectivity index (χ2v) is 10.6. The minimum absolute atomic E-state index is 0.0987. The van der Waals surface area contributed by atoms with Crippen molar-refractivity contribution in [2.24, 2.45) is 0 Å². The molecule has 1 aliphatic carbocycles. The lowest BCUT2D eigenvalue weighted by Gasteiger charge is -2.33. The van der Waals surface area contributed by atoms with Crippen molar-refractivity contribution in [1.82, 2.24) is 4.31 Å². The molecular weight excluding hydrogens is 440 g/mol. The average Bonchev–Trinajstić information content (AvgIpc) is 2.97. The number of carbonyl (C=O) groups excluding carboxylic acids is 2. The Morgan fingerprint density at radius 2 is 1.52 bits per heavy atom. The van der Waals surface area contributed by atoms with Gasteiger partial charge in [-0.25, -0.2) is 13.3 Å². The number of imide groups is 1. The van der Waals surface area contributed by atoms with E-state index in [-0.39, 0.29) is 23.3 Å². The van der Waals surface area contributed by atoms with Gasteiger partial charge >= 0.3 is 0 Å². The first-order valence-corrected chi connectivity index (χ1v) is 12.9. The van der Waals surface area contributed by atoms with E-state index in [0.717, 1.165) is 36.1 Å². The number of carbonyl (C=O) groups is 2. The lowest BCUT2D eigenvalue weighted by molar-refractivity contribution is -0.122. The second-order valence-electron chi connectivity index (χ2n) is 8.78. The van der Waals surface area contributed by atoms with E-state index in [1.54, 1.807) is 24.3 Å². The summed E-state index contributed by atoms with van der Waals surface area (Å²) in [5.74, 6) is -0.310. The van der Waals surface area contributed by atoms with Crippen molar-refractivity contribution >= 4 is 27.5 Å². The van der Waals surface area contributed by atoms with Gasteiger partial charge in [-0.05, 0) is 56.2 Å². The van der Waals surface area contributed by atoms with E-state index < -0.39 is 22.0 Å². The summed E-state index contributed by atoms with van der Waals surface area (Å²) in [7, 11) is -2.50. The summed E-state index contributed by atoms with van der Waals surface area (Å²) in [5.41, 5.74) is 1.48. The molecule has 1 unspecified atom stereocenters. The van der Waals surface area contributed by atoms with Crippen LogP contribution in [0.4, 0.5) is 5.69 Å². The van der Waals surface area contributed by atoms with Gasteiger partial charge in [0.15, 0.2) is 0 Å². The van der Waals surface area contributed by atoms with Crippen LogP contribution in [0.25, 0.3) is 0 Å². The van der Waals surface area contributed by atoms with Crippen molar-refractivity contribution in [2.45, 2.75) is 68.8 Å². The minimum atomic E-state index is -4.02. The van der Waals surface area contributed by atoms with E-state index >= 15 is 0 Å². The molecule has 8 heteroatoms. The van der Waals surface area contributed by atoms with Crippen molar-refractivity contribution in [1.29, 1.82) is 0 Å². The summed E-state index contributed by atoms with van der Waals surface area (Å²) >= 11 is 0. The van der Waals surface area contributed by atoms with Gasteiger partial charge in [0, 0.05) is 6.04 Å². The Balaban J connectivity index is 1.73. The molecule has 1 aliphatic heterocycles. The van der Waals surface area contributed by atoms with Gasteiger partial charge in [0.25, 0.3) is 5.91 Å². The summed E-state index contributed by atoms with van der Waals surface area (Å²) in [6.45, 7) is 1.93. The molecule has 1 atom stereocenters. The number of rotatable bonds is 6. The fraction of sp³-hybridized carbons (Fsp3) is 0.440. The maximum atomic E-state index is 13.9. The number of nitrogens with zero attached hydrogens (tertiary/aromatic N) is 2. The third-order valence-electron chi connectivity index (χ3n) is 6.54. The van der Waals surface area contributed by atoms with Crippen LogP contribution in [0.3, 0.4) is 0 Å². The normalized spacial score (nSPS) is 20.3. The summed E-state index contributed by atoms with van der Waals surface area (Å²) in [6.07, 6.45) is 5.08. The van der Waals surface area contributed by atoms with Crippen LogP contribution in [-0.4, -0.2) is 43.7 Å². The molecule has 2 fully saturated rings. The molecule has 0 spiro atoms. The van der Waals surface area contributed by atoms with Crippen LogP contribution in [0.15, 0.2) is 53.4 Å². The lowest BCUT2D eigenvalue weighted by Crippen LogP contribution is -2.50. The molecule has 1 saturated heterocycles. The molecule has 2 aliphatic rings.